The fraction of sp³-hybridized carbons (Fsp3) is 0.143. The molecule has 0 radical (unpaired) electrons. The van der Waals surface area contributed by atoms with Gasteiger partial charge in [0.1, 0.15) is 5.76 Å². The second kappa shape index (κ2) is 11.1. The highest BCUT2D eigenvalue weighted by Crippen LogP contribution is 2.23. The Morgan fingerprint density at radius 1 is 0.865 bits per heavy atom. The van der Waals surface area contributed by atoms with E-state index in [4.69, 9.17) is 4.42 Å². The lowest BCUT2D eigenvalue weighted by Gasteiger charge is -2.23. The molecule has 2 amide bonds. The zero-order chi connectivity index (χ0) is 26.4. The van der Waals surface area contributed by atoms with Crippen molar-refractivity contribution in [2.24, 2.45) is 0 Å². The van der Waals surface area contributed by atoms with Gasteiger partial charge in [0.2, 0.25) is 10.0 Å². The highest BCUT2D eigenvalue weighted by Gasteiger charge is 2.20. The van der Waals surface area contributed by atoms with Crippen molar-refractivity contribution in [2.45, 2.75) is 20.0 Å². The van der Waals surface area contributed by atoms with Gasteiger partial charge in [0.25, 0.3) is 11.8 Å². The number of benzene rings is 3. The first kappa shape index (κ1) is 25.7. The number of hydrogen-bond acceptors (Lipinski definition) is 5. The van der Waals surface area contributed by atoms with Crippen molar-refractivity contribution in [1.82, 2.24) is 5.32 Å². The van der Waals surface area contributed by atoms with Crippen LogP contribution in [0.3, 0.4) is 0 Å². The maximum atomic E-state index is 13.0. The van der Waals surface area contributed by atoms with Gasteiger partial charge in [0.15, 0.2) is 0 Å². The second-order valence-electron chi connectivity index (χ2n) is 8.50. The number of nitrogens with one attached hydrogen (secondary N) is 2. The van der Waals surface area contributed by atoms with Crippen LogP contribution in [0.25, 0.3) is 0 Å². The van der Waals surface area contributed by atoms with E-state index in [0.717, 1.165) is 17.4 Å². The summed E-state index contributed by atoms with van der Waals surface area (Å²) in [5, 5.41) is 5.54. The number of rotatable bonds is 9. The lowest BCUT2D eigenvalue weighted by atomic mass is 10.1. The Balaban J connectivity index is 1.49. The Morgan fingerprint density at radius 3 is 2.24 bits per heavy atom. The number of carbonyl (C=O) groups is 2. The molecule has 0 unspecified atom stereocenters. The number of amides is 2. The molecule has 0 atom stereocenters. The van der Waals surface area contributed by atoms with E-state index < -0.39 is 15.9 Å². The standard InChI is InChI=1S/C28H27N3O5S/c1-20-8-3-4-9-22(20)19-31(37(2,34)35)23-15-13-21(14-16-23)27(32)30-26-12-6-5-11-25(26)28(33)29-18-24-10-7-17-36-24/h3-17H,18-19H2,1-2H3,(H,29,33)(H,30,32). The Hall–Kier alpha value is -4.37. The van der Waals surface area contributed by atoms with Gasteiger partial charge >= 0.3 is 0 Å². The third-order valence-electron chi connectivity index (χ3n) is 5.82. The summed E-state index contributed by atoms with van der Waals surface area (Å²) in [5.41, 5.74) is 3.29. The monoisotopic (exact) mass is 517 g/mol. The molecule has 2 N–H and O–H groups in total. The third-order valence-corrected chi connectivity index (χ3v) is 6.96. The number of nitrogens with zero attached hydrogens (tertiary/aromatic N) is 1. The average Bonchev–Trinajstić information content (AvgIpc) is 3.40. The first-order chi connectivity index (χ1) is 17.7. The highest BCUT2D eigenvalue weighted by molar-refractivity contribution is 7.92. The van der Waals surface area contributed by atoms with Crippen LogP contribution in [0.4, 0.5) is 11.4 Å². The molecule has 0 aliphatic rings. The molecule has 9 heteroatoms. The smallest absolute Gasteiger partial charge is 0.255 e. The van der Waals surface area contributed by atoms with E-state index >= 15 is 0 Å². The van der Waals surface area contributed by atoms with Crippen molar-refractivity contribution >= 4 is 33.2 Å². The van der Waals surface area contributed by atoms with Crippen LogP contribution in [0.2, 0.25) is 0 Å². The number of sulfonamides is 1. The summed E-state index contributed by atoms with van der Waals surface area (Å²) in [6, 6.07) is 24.1. The van der Waals surface area contributed by atoms with Crippen LogP contribution < -0.4 is 14.9 Å². The quantitative estimate of drug-likeness (QED) is 0.333. The van der Waals surface area contributed by atoms with Crippen molar-refractivity contribution in [3.05, 3.63) is 119 Å². The number of carbonyl (C=O) groups excluding carboxylic acids is 2. The third kappa shape index (κ3) is 6.45. The molecule has 0 aliphatic carbocycles. The Bertz CT molecular complexity index is 1500. The van der Waals surface area contributed by atoms with Crippen LogP contribution in [0.15, 0.2) is 95.6 Å². The number of aryl methyl sites for hydroxylation is 1. The molecule has 8 nitrogen and oxygen atoms in total. The average molecular weight is 518 g/mol. The first-order valence-corrected chi connectivity index (χ1v) is 13.4. The molecule has 190 valence electrons. The molecule has 37 heavy (non-hydrogen) atoms. The van der Waals surface area contributed by atoms with E-state index in [1.807, 2.05) is 31.2 Å². The summed E-state index contributed by atoms with van der Waals surface area (Å²) >= 11 is 0. The molecule has 1 aromatic heterocycles. The molecule has 0 spiro atoms. The van der Waals surface area contributed by atoms with Crippen LogP contribution >= 0.6 is 0 Å². The van der Waals surface area contributed by atoms with E-state index in [1.165, 1.54) is 10.6 Å². The summed E-state index contributed by atoms with van der Waals surface area (Å²) in [6.07, 6.45) is 2.68. The Morgan fingerprint density at radius 2 is 1.57 bits per heavy atom. The van der Waals surface area contributed by atoms with Crippen LogP contribution in [-0.2, 0) is 23.1 Å². The van der Waals surface area contributed by atoms with Crippen molar-refractivity contribution < 1.29 is 22.4 Å². The number of furan rings is 1. The van der Waals surface area contributed by atoms with Crippen LogP contribution in [0.1, 0.15) is 37.6 Å². The Labute approximate surface area is 216 Å². The molecule has 0 aliphatic heterocycles. The zero-order valence-electron chi connectivity index (χ0n) is 20.5. The van der Waals surface area contributed by atoms with E-state index in [0.29, 0.717) is 28.3 Å². The predicted molar refractivity (Wildman–Crippen MR) is 143 cm³/mol. The summed E-state index contributed by atoms with van der Waals surface area (Å²) in [6.45, 7) is 2.32. The molecule has 3 aromatic carbocycles. The largest absolute Gasteiger partial charge is 0.467 e. The van der Waals surface area contributed by atoms with Crippen LogP contribution in [0.5, 0.6) is 0 Å². The van der Waals surface area contributed by atoms with E-state index in [1.54, 1.807) is 60.7 Å². The maximum absolute atomic E-state index is 13.0. The first-order valence-electron chi connectivity index (χ1n) is 11.6. The van der Waals surface area contributed by atoms with Gasteiger partial charge in [-0.15, -0.1) is 0 Å². The highest BCUT2D eigenvalue weighted by atomic mass is 32.2. The molecular formula is C28H27N3O5S. The summed E-state index contributed by atoms with van der Waals surface area (Å²) in [5.74, 6) is -0.175. The fourth-order valence-corrected chi connectivity index (χ4v) is 4.66. The van der Waals surface area contributed by atoms with Gasteiger partial charge in [-0.2, -0.15) is 0 Å². The lowest BCUT2D eigenvalue weighted by molar-refractivity contribution is 0.0949. The van der Waals surface area contributed by atoms with Gasteiger partial charge in [0.05, 0.1) is 42.5 Å². The van der Waals surface area contributed by atoms with Crippen LogP contribution in [-0.4, -0.2) is 26.5 Å². The molecule has 4 rings (SSSR count). The summed E-state index contributed by atoms with van der Waals surface area (Å²) < 4.78 is 31.6. The van der Waals surface area contributed by atoms with Gasteiger partial charge in [-0.1, -0.05) is 36.4 Å². The maximum Gasteiger partial charge on any atom is 0.255 e. The van der Waals surface area contributed by atoms with E-state index in [9.17, 15) is 18.0 Å². The molecule has 0 fully saturated rings. The molecule has 0 bridgehead atoms. The summed E-state index contributed by atoms with van der Waals surface area (Å²) in [7, 11) is -3.57. The topological polar surface area (TPSA) is 109 Å². The van der Waals surface area contributed by atoms with Crippen molar-refractivity contribution in [3.8, 4) is 0 Å². The van der Waals surface area contributed by atoms with Crippen LogP contribution in [0, 0.1) is 6.92 Å². The number of anilines is 2. The SMILES string of the molecule is Cc1ccccc1CN(c1ccc(C(=O)Nc2ccccc2C(=O)NCc2ccco2)cc1)S(C)(=O)=O. The van der Waals surface area contributed by atoms with Gasteiger partial charge < -0.3 is 15.1 Å². The number of hydrogen-bond donors (Lipinski definition) is 2. The molecule has 1 heterocycles. The zero-order valence-corrected chi connectivity index (χ0v) is 21.3. The van der Waals surface area contributed by atoms with E-state index in [-0.39, 0.29) is 19.0 Å². The van der Waals surface area contributed by atoms with Gasteiger partial charge in [-0.3, -0.25) is 13.9 Å². The minimum Gasteiger partial charge on any atom is -0.467 e. The van der Waals surface area contributed by atoms with Crippen molar-refractivity contribution in [3.63, 3.8) is 0 Å². The van der Waals surface area contributed by atoms with E-state index in [2.05, 4.69) is 10.6 Å². The van der Waals surface area contributed by atoms with Crippen molar-refractivity contribution in [1.29, 1.82) is 0 Å². The Kier molecular flexibility index (Phi) is 7.74. The second-order valence-corrected chi connectivity index (χ2v) is 10.4. The molecule has 4 aromatic rings. The predicted octanol–water partition coefficient (Wildman–Crippen LogP) is 4.74. The van der Waals surface area contributed by atoms with Gasteiger partial charge in [0, 0.05) is 5.56 Å². The minimum absolute atomic E-state index is 0.178. The summed E-state index contributed by atoms with van der Waals surface area (Å²) in [4.78, 5) is 25.7. The molecule has 0 saturated carbocycles. The van der Waals surface area contributed by atoms with Crippen molar-refractivity contribution in [2.75, 3.05) is 15.9 Å². The normalized spacial score (nSPS) is 11.1. The fourth-order valence-electron chi connectivity index (χ4n) is 3.78. The van der Waals surface area contributed by atoms with Gasteiger partial charge in [-0.05, 0) is 66.6 Å². The molecule has 0 saturated heterocycles. The minimum atomic E-state index is -3.57. The molecular weight excluding hydrogens is 490 g/mol. The number of para-hydroxylation sites is 1. The lowest BCUT2D eigenvalue weighted by Crippen LogP contribution is -2.29. The van der Waals surface area contributed by atoms with Gasteiger partial charge in [-0.25, -0.2) is 8.42 Å².